The zero-order chi connectivity index (χ0) is 34.1. The maximum Gasteiger partial charge on any atom is 0.323 e. The van der Waals surface area contributed by atoms with E-state index < -0.39 is 0 Å². The standard InChI is InChI=1S/C23H30N2O5.C14H20N2O2/c1-27-20-13-18(14-21(28-2)22(20)29-3)24-16-25-12-8-7-11-19(25)23(26)30-15-17-9-5-4-6-10-17;15-11-16-9-5-4-8-13(16)14(17)18-10-12-6-2-1-3-7-12/h4-6,9-10,13-14,19,24H,7-8,11-12,15-16H2,1-3H3;1-3,6-7,13H,4-5,8-11,15H2/t19-;13-/m00/s1. The molecule has 3 aromatic rings. The molecule has 0 saturated carbocycles. The van der Waals surface area contributed by atoms with Crippen LogP contribution in [0.15, 0.2) is 72.8 Å². The van der Waals surface area contributed by atoms with E-state index >= 15 is 0 Å². The van der Waals surface area contributed by atoms with Crippen molar-refractivity contribution in [3.05, 3.63) is 83.9 Å². The molecule has 11 heteroatoms. The van der Waals surface area contributed by atoms with Crippen LogP contribution in [0.4, 0.5) is 5.69 Å². The number of nitrogens with zero attached hydrogens (tertiary/aromatic N) is 2. The lowest BCUT2D eigenvalue weighted by Crippen LogP contribution is -2.47. The molecule has 0 radical (unpaired) electrons. The van der Waals surface area contributed by atoms with Gasteiger partial charge in [-0.25, -0.2) is 0 Å². The van der Waals surface area contributed by atoms with Crippen LogP contribution < -0.4 is 25.3 Å². The number of anilines is 1. The maximum absolute atomic E-state index is 12.7. The predicted octanol–water partition coefficient (Wildman–Crippen LogP) is 5.18. The zero-order valence-electron chi connectivity index (χ0n) is 28.4. The Balaban J connectivity index is 0.000000246. The van der Waals surface area contributed by atoms with Crippen molar-refractivity contribution in [1.29, 1.82) is 0 Å². The minimum Gasteiger partial charge on any atom is -0.493 e. The molecule has 48 heavy (non-hydrogen) atoms. The van der Waals surface area contributed by atoms with Gasteiger partial charge in [0, 0.05) is 37.6 Å². The molecule has 11 nitrogen and oxygen atoms in total. The van der Waals surface area contributed by atoms with Crippen LogP contribution in [0.25, 0.3) is 0 Å². The van der Waals surface area contributed by atoms with Gasteiger partial charge < -0.3 is 34.7 Å². The smallest absolute Gasteiger partial charge is 0.323 e. The first kappa shape index (κ1) is 36.5. The number of hydrogen-bond donors (Lipinski definition) is 2. The fourth-order valence-electron chi connectivity index (χ4n) is 5.95. The fourth-order valence-corrected chi connectivity index (χ4v) is 5.95. The number of hydrogen-bond acceptors (Lipinski definition) is 11. The van der Waals surface area contributed by atoms with E-state index in [0.717, 1.165) is 68.4 Å². The lowest BCUT2D eigenvalue weighted by Gasteiger charge is -2.34. The average Bonchev–Trinajstić information content (AvgIpc) is 3.15. The van der Waals surface area contributed by atoms with Crippen molar-refractivity contribution >= 4 is 17.6 Å². The summed E-state index contributed by atoms with van der Waals surface area (Å²) in [5, 5.41) is 3.38. The number of nitrogens with two attached hydrogens (primary N) is 1. The Kier molecular flexibility index (Phi) is 14.8. The Labute approximate surface area is 284 Å². The van der Waals surface area contributed by atoms with E-state index in [1.807, 2.05) is 77.7 Å². The first-order valence-corrected chi connectivity index (χ1v) is 16.6. The van der Waals surface area contributed by atoms with Gasteiger partial charge in [-0.15, -0.1) is 0 Å². The summed E-state index contributed by atoms with van der Waals surface area (Å²) in [6.07, 6.45) is 5.90. The van der Waals surface area contributed by atoms with Gasteiger partial charge in [0.05, 0.1) is 28.0 Å². The molecule has 2 aliphatic heterocycles. The van der Waals surface area contributed by atoms with E-state index in [4.69, 9.17) is 29.4 Å². The maximum atomic E-state index is 12.7. The third-order valence-corrected chi connectivity index (χ3v) is 8.60. The molecule has 0 amide bonds. The predicted molar refractivity (Wildman–Crippen MR) is 185 cm³/mol. The van der Waals surface area contributed by atoms with Gasteiger partial charge in [-0.1, -0.05) is 73.5 Å². The lowest BCUT2D eigenvalue weighted by molar-refractivity contribution is -0.153. The molecule has 0 unspecified atom stereocenters. The molecule has 0 aromatic heterocycles. The number of esters is 2. The van der Waals surface area contributed by atoms with Crippen LogP contribution in [0, 0.1) is 0 Å². The van der Waals surface area contributed by atoms with Gasteiger partial charge in [0.1, 0.15) is 25.3 Å². The molecule has 0 spiro atoms. The number of rotatable bonds is 13. The van der Waals surface area contributed by atoms with Crippen LogP contribution >= 0.6 is 0 Å². The number of ether oxygens (including phenoxy) is 5. The number of benzene rings is 3. The third kappa shape index (κ3) is 10.6. The van der Waals surface area contributed by atoms with Crippen LogP contribution in [0.2, 0.25) is 0 Å². The first-order valence-electron chi connectivity index (χ1n) is 16.6. The van der Waals surface area contributed by atoms with Crippen molar-refractivity contribution in [2.45, 2.75) is 63.8 Å². The molecule has 2 aliphatic rings. The van der Waals surface area contributed by atoms with Crippen molar-refractivity contribution in [2.75, 3.05) is 53.1 Å². The zero-order valence-corrected chi connectivity index (χ0v) is 28.4. The number of nitrogens with one attached hydrogen (secondary N) is 1. The Morgan fingerprint density at radius 3 is 1.65 bits per heavy atom. The summed E-state index contributed by atoms with van der Waals surface area (Å²) in [4.78, 5) is 28.9. The highest BCUT2D eigenvalue weighted by atomic mass is 16.5. The highest BCUT2D eigenvalue weighted by molar-refractivity contribution is 5.76. The van der Waals surface area contributed by atoms with E-state index in [9.17, 15) is 9.59 Å². The van der Waals surface area contributed by atoms with Crippen molar-refractivity contribution in [3.8, 4) is 17.2 Å². The van der Waals surface area contributed by atoms with Crippen molar-refractivity contribution in [3.63, 3.8) is 0 Å². The monoisotopic (exact) mass is 662 g/mol. The summed E-state index contributed by atoms with van der Waals surface area (Å²) < 4.78 is 27.1. The van der Waals surface area contributed by atoms with Crippen LogP contribution in [0.1, 0.15) is 49.7 Å². The molecule has 2 heterocycles. The lowest BCUT2D eigenvalue weighted by atomic mass is 10.0. The molecule has 2 atom stereocenters. The van der Waals surface area contributed by atoms with E-state index in [1.54, 1.807) is 21.3 Å². The molecule has 2 fully saturated rings. The summed E-state index contributed by atoms with van der Waals surface area (Å²) in [5.74, 6) is 1.38. The van der Waals surface area contributed by atoms with E-state index in [1.165, 1.54) is 0 Å². The molecule has 2 saturated heterocycles. The minimum atomic E-state index is -0.253. The van der Waals surface area contributed by atoms with E-state index in [-0.39, 0.29) is 24.0 Å². The number of piperidine rings is 2. The average molecular weight is 663 g/mol. The molecule has 0 bridgehead atoms. The second-order valence-electron chi connectivity index (χ2n) is 11.8. The summed E-state index contributed by atoms with van der Waals surface area (Å²) in [6, 6.07) is 22.8. The van der Waals surface area contributed by atoms with Gasteiger partial charge in [-0.2, -0.15) is 0 Å². The molecule has 260 valence electrons. The second-order valence-corrected chi connectivity index (χ2v) is 11.8. The quantitative estimate of drug-likeness (QED) is 0.235. The Hall–Kier alpha value is -4.32. The molecular formula is C37H50N4O7. The SMILES string of the molecule is COc1cc(NCN2CCCC[C@H]2C(=O)OCc2ccccc2)cc(OC)c1OC.NCN1CCCC[C@H]1C(=O)OCc1ccccc1. The van der Waals surface area contributed by atoms with Gasteiger partial charge >= 0.3 is 11.9 Å². The largest absolute Gasteiger partial charge is 0.493 e. The van der Waals surface area contributed by atoms with Gasteiger partial charge in [-0.3, -0.25) is 19.4 Å². The summed E-state index contributed by atoms with van der Waals surface area (Å²) in [5.41, 5.74) is 8.49. The normalized spacial score (nSPS) is 18.1. The Bertz CT molecular complexity index is 1380. The number of methoxy groups -OCH3 is 3. The molecule has 0 aliphatic carbocycles. The number of carbonyl (C=O) groups is 2. The van der Waals surface area contributed by atoms with Gasteiger partial charge in [-0.05, 0) is 36.8 Å². The van der Waals surface area contributed by atoms with Gasteiger partial charge in [0.25, 0.3) is 0 Å². The number of likely N-dealkylation sites (tertiary alicyclic amines) is 2. The van der Waals surface area contributed by atoms with Crippen LogP contribution in [0.3, 0.4) is 0 Å². The van der Waals surface area contributed by atoms with Gasteiger partial charge in [0.15, 0.2) is 11.5 Å². The first-order chi connectivity index (χ1) is 23.5. The summed E-state index contributed by atoms with van der Waals surface area (Å²) in [6.45, 7) is 3.30. The molecular weight excluding hydrogens is 612 g/mol. The molecule has 3 N–H and O–H groups in total. The summed E-state index contributed by atoms with van der Waals surface area (Å²) in [7, 11) is 4.75. The topological polar surface area (TPSA) is 125 Å². The summed E-state index contributed by atoms with van der Waals surface area (Å²) >= 11 is 0. The van der Waals surface area contributed by atoms with Gasteiger partial charge in [0.2, 0.25) is 5.75 Å². The highest BCUT2D eigenvalue weighted by Crippen LogP contribution is 2.40. The third-order valence-electron chi connectivity index (χ3n) is 8.60. The van der Waals surface area contributed by atoms with E-state index in [2.05, 4.69) is 10.2 Å². The Morgan fingerprint density at radius 2 is 1.19 bits per heavy atom. The van der Waals surface area contributed by atoms with Crippen molar-refractivity contribution in [1.82, 2.24) is 9.80 Å². The fraction of sp³-hybridized carbons (Fsp3) is 0.459. The number of carbonyl (C=O) groups excluding carboxylic acids is 2. The minimum absolute atomic E-state index is 0.149. The second kappa shape index (κ2) is 19.5. The molecule has 3 aromatic carbocycles. The Morgan fingerprint density at radius 1 is 0.708 bits per heavy atom. The van der Waals surface area contributed by atoms with Crippen molar-refractivity contribution < 1.29 is 33.3 Å². The van der Waals surface area contributed by atoms with Crippen molar-refractivity contribution in [2.24, 2.45) is 5.73 Å². The van der Waals surface area contributed by atoms with Crippen LogP contribution in [-0.4, -0.2) is 81.6 Å². The van der Waals surface area contributed by atoms with Crippen LogP contribution in [-0.2, 0) is 32.3 Å². The highest BCUT2D eigenvalue weighted by Gasteiger charge is 2.30. The van der Waals surface area contributed by atoms with E-state index in [0.29, 0.717) is 43.8 Å². The van der Waals surface area contributed by atoms with Crippen LogP contribution in [0.5, 0.6) is 17.2 Å². The molecule has 5 rings (SSSR count).